The summed E-state index contributed by atoms with van der Waals surface area (Å²) in [6, 6.07) is 8.33. The van der Waals surface area contributed by atoms with Crippen molar-refractivity contribution in [3.63, 3.8) is 0 Å². The van der Waals surface area contributed by atoms with Gasteiger partial charge in [-0.2, -0.15) is 0 Å². The highest BCUT2D eigenvalue weighted by atomic mass is 79.9. The molecule has 0 unspecified atom stereocenters. The lowest BCUT2D eigenvalue weighted by atomic mass is 10.1. The van der Waals surface area contributed by atoms with E-state index in [0.29, 0.717) is 5.92 Å². The molecule has 1 heterocycles. The number of benzene rings is 1. The first-order valence-corrected chi connectivity index (χ1v) is 7.63. The van der Waals surface area contributed by atoms with Crippen molar-refractivity contribution in [2.75, 3.05) is 7.05 Å². The Bertz CT molecular complexity index is 517. The summed E-state index contributed by atoms with van der Waals surface area (Å²) < 4.78 is 1.10. The van der Waals surface area contributed by atoms with Crippen LogP contribution in [0.3, 0.4) is 0 Å². The zero-order valence-electron chi connectivity index (χ0n) is 10.8. The minimum Gasteiger partial charge on any atom is -0.315 e. The second-order valence-electron chi connectivity index (χ2n) is 4.52. The van der Waals surface area contributed by atoms with Crippen LogP contribution < -0.4 is 5.32 Å². The Morgan fingerprint density at radius 3 is 2.50 bits per heavy atom. The summed E-state index contributed by atoms with van der Waals surface area (Å²) in [6.45, 7) is 5.28. The number of aromatic nitrogens is 1. The molecule has 0 aliphatic rings. The minimum atomic E-state index is 0.466. The molecule has 0 fully saturated rings. The molecular formula is C14H17BrN2S. The van der Waals surface area contributed by atoms with Crippen LogP contribution in [0.25, 0.3) is 10.6 Å². The summed E-state index contributed by atoms with van der Waals surface area (Å²) in [6.07, 6.45) is 0. The standard InChI is InChI=1S/C14H17BrN2S/c1-9(2)13-12(8-16-3)18-14(17-13)10-4-6-11(15)7-5-10/h4-7,9,16H,8H2,1-3H3. The highest BCUT2D eigenvalue weighted by Crippen LogP contribution is 2.32. The fourth-order valence-corrected chi connectivity index (χ4v) is 3.32. The molecule has 96 valence electrons. The fourth-order valence-electron chi connectivity index (χ4n) is 1.82. The number of hydrogen-bond donors (Lipinski definition) is 1. The van der Waals surface area contributed by atoms with E-state index in [2.05, 4.69) is 59.4 Å². The zero-order chi connectivity index (χ0) is 13.1. The van der Waals surface area contributed by atoms with E-state index in [1.807, 2.05) is 7.05 Å². The molecule has 0 atom stereocenters. The topological polar surface area (TPSA) is 24.9 Å². The largest absolute Gasteiger partial charge is 0.315 e. The Morgan fingerprint density at radius 1 is 1.28 bits per heavy atom. The number of thiazole rings is 1. The molecule has 0 saturated carbocycles. The number of halogens is 1. The van der Waals surface area contributed by atoms with Crippen LogP contribution in [-0.2, 0) is 6.54 Å². The molecule has 18 heavy (non-hydrogen) atoms. The first kappa shape index (κ1) is 13.7. The number of rotatable bonds is 4. The van der Waals surface area contributed by atoms with Crippen LogP contribution in [0.4, 0.5) is 0 Å². The molecule has 2 nitrogen and oxygen atoms in total. The SMILES string of the molecule is CNCc1sc(-c2ccc(Br)cc2)nc1C(C)C. The molecule has 1 aromatic heterocycles. The minimum absolute atomic E-state index is 0.466. The van der Waals surface area contributed by atoms with Gasteiger partial charge >= 0.3 is 0 Å². The molecule has 4 heteroatoms. The summed E-state index contributed by atoms with van der Waals surface area (Å²) in [5.41, 5.74) is 2.40. The molecule has 1 aromatic carbocycles. The van der Waals surface area contributed by atoms with Crippen molar-refractivity contribution in [2.24, 2.45) is 0 Å². The van der Waals surface area contributed by atoms with Gasteiger partial charge in [0.05, 0.1) is 5.69 Å². The van der Waals surface area contributed by atoms with E-state index in [0.717, 1.165) is 16.0 Å². The van der Waals surface area contributed by atoms with Crippen molar-refractivity contribution in [1.82, 2.24) is 10.3 Å². The molecule has 2 rings (SSSR count). The van der Waals surface area contributed by atoms with Gasteiger partial charge < -0.3 is 5.32 Å². The maximum Gasteiger partial charge on any atom is 0.123 e. The van der Waals surface area contributed by atoms with Crippen LogP contribution in [0.5, 0.6) is 0 Å². The maximum atomic E-state index is 4.79. The Hall–Kier alpha value is -0.710. The van der Waals surface area contributed by atoms with E-state index < -0.39 is 0 Å². The average molecular weight is 325 g/mol. The monoisotopic (exact) mass is 324 g/mol. The van der Waals surface area contributed by atoms with Crippen molar-refractivity contribution in [2.45, 2.75) is 26.3 Å². The summed E-state index contributed by atoms with van der Waals surface area (Å²) >= 11 is 5.24. The second-order valence-corrected chi connectivity index (χ2v) is 6.52. The average Bonchev–Trinajstić information content (AvgIpc) is 2.75. The summed E-state index contributed by atoms with van der Waals surface area (Å²) in [5.74, 6) is 0.466. The number of nitrogens with zero attached hydrogens (tertiary/aromatic N) is 1. The van der Waals surface area contributed by atoms with Crippen LogP contribution >= 0.6 is 27.3 Å². The van der Waals surface area contributed by atoms with Crippen molar-refractivity contribution < 1.29 is 0 Å². The third kappa shape index (κ3) is 2.99. The van der Waals surface area contributed by atoms with Crippen LogP contribution in [0.1, 0.15) is 30.3 Å². The van der Waals surface area contributed by atoms with Gasteiger partial charge in [0.25, 0.3) is 0 Å². The summed E-state index contributed by atoms with van der Waals surface area (Å²) in [5, 5.41) is 4.32. The van der Waals surface area contributed by atoms with Crippen LogP contribution in [0, 0.1) is 0 Å². The lowest BCUT2D eigenvalue weighted by Gasteiger charge is -2.03. The van der Waals surface area contributed by atoms with Gasteiger partial charge in [-0.25, -0.2) is 4.98 Å². The first-order valence-electron chi connectivity index (χ1n) is 6.02. The maximum absolute atomic E-state index is 4.79. The third-order valence-corrected chi connectivity index (χ3v) is 4.35. The highest BCUT2D eigenvalue weighted by molar-refractivity contribution is 9.10. The third-order valence-electron chi connectivity index (χ3n) is 2.70. The van der Waals surface area contributed by atoms with Crippen LogP contribution in [0.2, 0.25) is 0 Å². The van der Waals surface area contributed by atoms with Gasteiger partial charge in [-0.15, -0.1) is 11.3 Å². The normalized spacial score (nSPS) is 11.2. The molecule has 0 saturated heterocycles. The summed E-state index contributed by atoms with van der Waals surface area (Å²) in [7, 11) is 1.98. The first-order chi connectivity index (χ1) is 8.61. The van der Waals surface area contributed by atoms with Crippen molar-refractivity contribution >= 4 is 27.3 Å². The van der Waals surface area contributed by atoms with Crippen molar-refractivity contribution in [1.29, 1.82) is 0 Å². The lowest BCUT2D eigenvalue weighted by molar-refractivity contribution is 0.771. The van der Waals surface area contributed by atoms with Gasteiger partial charge in [0.15, 0.2) is 0 Å². The molecule has 0 radical (unpaired) electrons. The fraction of sp³-hybridized carbons (Fsp3) is 0.357. The van der Waals surface area contributed by atoms with E-state index in [4.69, 9.17) is 4.98 Å². The van der Waals surface area contributed by atoms with Gasteiger partial charge in [-0.3, -0.25) is 0 Å². The molecule has 0 aliphatic heterocycles. The van der Waals surface area contributed by atoms with E-state index in [1.54, 1.807) is 11.3 Å². The molecule has 0 spiro atoms. The van der Waals surface area contributed by atoms with Gasteiger partial charge in [0.1, 0.15) is 5.01 Å². The van der Waals surface area contributed by atoms with Gasteiger partial charge in [-0.1, -0.05) is 41.9 Å². The molecule has 0 amide bonds. The van der Waals surface area contributed by atoms with E-state index in [9.17, 15) is 0 Å². The molecular weight excluding hydrogens is 308 g/mol. The predicted octanol–water partition coefficient (Wildman–Crippen LogP) is 4.42. The number of hydrogen-bond acceptors (Lipinski definition) is 3. The Morgan fingerprint density at radius 2 is 1.94 bits per heavy atom. The Balaban J connectivity index is 2.39. The van der Waals surface area contributed by atoms with Crippen molar-refractivity contribution in [3.8, 4) is 10.6 Å². The van der Waals surface area contributed by atoms with Gasteiger partial charge in [-0.05, 0) is 25.1 Å². The molecule has 1 N–H and O–H groups in total. The Kier molecular flexibility index (Phi) is 4.54. The van der Waals surface area contributed by atoms with Crippen LogP contribution in [0.15, 0.2) is 28.7 Å². The van der Waals surface area contributed by atoms with E-state index in [1.165, 1.54) is 16.1 Å². The predicted molar refractivity (Wildman–Crippen MR) is 82.1 cm³/mol. The Labute approximate surface area is 121 Å². The molecule has 2 aromatic rings. The van der Waals surface area contributed by atoms with Crippen LogP contribution in [-0.4, -0.2) is 12.0 Å². The van der Waals surface area contributed by atoms with Gasteiger partial charge in [0, 0.05) is 21.5 Å². The lowest BCUT2D eigenvalue weighted by Crippen LogP contribution is -2.06. The smallest absolute Gasteiger partial charge is 0.123 e. The highest BCUT2D eigenvalue weighted by Gasteiger charge is 2.14. The molecule has 0 bridgehead atoms. The summed E-state index contributed by atoms with van der Waals surface area (Å²) in [4.78, 5) is 6.13. The van der Waals surface area contributed by atoms with Crippen molar-refractivity contribution in [3.05, 3.63) is 39.3 Å². The quantitative estimate of drug-likeness (QED) is 0.900. The van der Waals surface area contributed by atoms with E-state index in [-0.39, 0.29) is 0 Å². The van der Waals surface area contributed by atoms with E-state index >= 15 is 0 Å². The second kappa shape index (κ2) is 5.95. The number of nitrogens with one attached hydrogen (secondary N) is 1. The zero-order valence-corrected chi connectivity index (χ0v) is 13.2. The van der Waals surface area contributed by atoms with Gasteiger partial charge in [0.2, 0.25) is 0 Å². The molecule has 0 aliphatic carbocycles.